The number of amides is 1. The van der Waals surface area contributed by atoms with E-state index in [4.69, 9.17) is 0 Å². The second-order valence-corrected chi connectivity index (χ2v) is 4.50. The van der Waals surface area contributed by atoms with Crippen molar-refractivity contribution in [3.63, 3.8) is 0 Å². The van der Waals surface area contributed by atoms with Crippen molar-refractivity contribution in [3.8, 4) is 5.75 Å². The maximum absolute atomic E-state index is 12.1. The molecule has 0 saturated carbocycles. The molecule has 1 aromatic rings. The summed E-state index contributed by atoms with van der Waals surface area (Å²) in [5.41, 5.74) is 0.799. The molecule has 0 atom stereocenters. The van der Waals surface area contributed by atoms with Crippen LogP contribution in [-0.2, 0) is 4.79 Å². The van der Waals surface area contributed by atoms with Crippen LogP contribution in [0.4, 0.5) is 5.69 Å². The van der Waals surface area contributed by atoms with E-state index in [1.54, 1.807) is 36.2 Å². The first-order chi connectivity index (χ1) is 8.66. The Morgan fingerprint density at radius 3 is 2.56 bits per heavy atom. The van der Waals surface area contributed by atoms with Gasteiger partial charge in [-0.2, -0.15) is 0 Å². The van der Waals surface area contributed by atoms with E-state index in [2.05, 4.69) is 10.2 Å². The number of carbonyl (C=O) groups excluding carboxylic acids is 1. The normalized spacial score (nSPS) is 16.5. The number of hydrogen-bond donors (Lipinski definition) is 2. The van der Waals surface area contributed by atoms with Crippen molar-refractivity contribution in [2.24, 2.45) is 0 Å². The van der Waals surface area contributed by atoms with Gasteiger partial charge < -0.3 is 15.3 Å². The summed E-state index contributed by atoms with van der Waals surface area (Å²) in [6.07, 6.45) is 0. The fraction of sp³-hybridized carbons (Fsp3) is 0.462. The average Bonchev–Trinajstić information content (AvgIpc) is 2.40. The van der Waals surface area contributed by atoms with Crippen LogP contribution in [-0.4, -0.2) is 55.7 Å². The quantitative estimate of drug-likeness (QED) is 0.807. The number of phenolic OH excluding ortho intramolecular Hbond substituents is 1. The molecule has 0 radical (unpaired) electrons. The second-order valence-electron chi connectivity index (χ2n) is 4.50. The van der Waals surface area contributed by atoms with Gasteiger partial charge in [0, 0.05) is 38.9 Å². The number of nitrogens with zero attached hydrogens (tertiary/aromatic N) is 2. The van der Waals surface area contributed by atoms with Crippen molar-refractivity contribution in [2.75, 3.05) is 44.7 Å². The van der Waals surface area contributed by atoms with Crippen molar-refractivity contribution >= 4 is 11.6 Å². The van der Waals surface area contributed by atoms with E-state index in [-0.39, 0.29) is 11.7 Å². The number of likely N-dealkylation sites (N-methyl/N-ethyl adjacent to an activating group) is 1. The van der Waals surface area contributed by atoms with Crippen LogP contribution in [0.15, 0.2) is 24.3 Å². The number of benzene rings is 1. The Hall–Kier alpha value is -1.59. The van der Waals surface area contributed by atoms with E-state index in [9.17, 15) is 9.90 Å². The lowest BCUT2D eigenvalue weighted by Crippen LogP contribution is -2.47. The summed E-state index contributed by atoms with van der Waals surface area (Å²) >= 11 is 0. The summed E-state index contributed by atoms with van der Waals surface area (Å²) in [6.45, 7) is 4.15. The standard InChI is InChI=1S/C13H19N3O2/c1-15(11-2-4-12(17)5-3-11)13(18)10-16-8-6-14-7-9-16/h2-5,14,17H,6-10H2,1H3. The molecule has 5 nitrogen and oxygen atoms in total. The van der Waals surface area contributed by atoms with Crippen molar-refractivity contribution in [2.45, 2.75) is 0 Å². The van der Waals surface area contributed by atoms with Crippen molar-refractivity contribution in [1.82, 2.24) is 10.2 Å². The second kappa shape index (κ2) is 5.84. The highest BCUT2D eigenvalue weighted by atomic mass is 16.3. The lowest BCUT2D eigenvalue weighted by molar-refractivity contribution is -0.119. The molecule has 1 aromatic carbocycles. The minimum Gasteiger partial charge on any atom is -0.508 e. The number of rotatable bonds is 3. The molecule has 1 aliphatic heterocycles. The molecule has 0 spiro atoms. The van der Waals surface area contributed by atoms with Crippen LogP contribution in [0.1, 0.15) is 0 Å². The first-order valence-corrected chi connectivity index (χ1v) is 6.15. The lowest BCUT2D eigenvalue weighted by Gasteiger charge is -2.28. The third-order valence-electron chi connectivity index (χ3n) is 3.18. The molecule has 1 aliphatic rings. The Kier molecular flexibility index (Phi) is 4.17. The number of hydrogen-bond acceptors (Lipinski definition) is 4. The molecule has 0 aliphatic carbocycles. The molecule has 0 unspecified atom stereocenters. The Labute approximate surface area is 107 Å². The third kappa shape index (κ3) is 3.21. The smallest absolute Gasteiger partial charge is 0.240 e. The predicted octanol–water partition coefficient (Wildman–Crippen LogP) is 0.260. The summed E-state index contributed by atoms with van der Waals surface area (Å²) in [5, 5.41) is 12.5. The molecule has 1 saturated heterocycles. The Balaban J connectivity index is 1.93. The minimum absolute atomic E-state index is 0.0718. The number of anilines is 1. The summed E-state index contributed by atoms with van der Waals surface area (Å²) in [5.74, 6) is 0.282. The van der Waals surface area contributed by atoms with Crippen molar-refractivity contribution in [1.29, 1.82) is 0 Å². The zero-order chi connectivity index (χ0) is 13.0. The molecule has 0 bridgehead atoms. The molecule has 2 rings (SSSR count). The first-order valence-electron chi connectivity index (χ1n) is 6.15. The van der Waals surface area contributed by atoms with Crippen LogP contribution in [0.2, 0.25) is 0 Å². The number of carbonyl (C=O) groups is 1. The van der Waals surface area contributed by atoms with Gasteiger partial charge in [0.1, 0.15) is 5.75 Å². The zero-order valence-corrected chi connectivity index (χ0v) is 10.6. The Morgan fingerprint density at radius 2 is 1.94 bits per heavy atom. The molecule has 1 amide bonds. The highest BCUT2D eigenvalue weighted by Crippen LogP contribution is 2.17. The number of phenols is 1. The highest BCUT2D eigenvalue weighted by molar-refractivity contribution is 5.94. The van der Waals surface area contributed by atoms with Crippen molar-refractivity contribution in [3.05, 3.63) is 24.3 Å². The molecule has 18 heavy (non-hydrogen) atoms. The summed E-state index contributed by atoms with van der Waals surface area (Å²) in [6, 6.07) is 6.66. The third-order valence-corrected chi connectivity index (χ3v) is 3.18. The van der Waals surface area contributed by atoms with Crippen LogP contribution in [0.25, 0.3) is 0 Å². The van der Waals surface area contributed by atoms with E-state index < -0.39 is 0 Å². The van der Waals surface area contributed by atoms with Gasteiger partial charge in [-0.05, 0) is 24.3 Å². The van der Waals surface area contributed by atoms with Gasteiger partial charge in [0.05, 0.1) is 6.54 Å². The first kappa shape index (κ1) is 12.9. The van der Waals surface area contributed by atoms with Gasteiger partial charge in [-0.25, -0.2) is 0 Å². The van der Waals surface area contributed by atoms with Crippen molar-refractivity contribution < 1.29 is 9.90 Å². The topological polar surface area (TPSA) is 55.8 Å². The zero-order valence-electron chi connectivity index (χ0n) is 10.6. The maximum atomic E-state index is 12.1. The molecule has 5 heteroatoms. The summed E-state index contributed by atoms with van der Waals surface area (Å²) in [4.78, 5) is 15.9. The fourth-order valence-electron chi connectivity index (χ4n) is 1.99. The van der Waals surface area contributed by atoms with Gasteiger partial charge in [-0.15, -0.1) is 0 Å². The van der Waals surface area contributed by atoms with E-state index >= 15 is 0 Å². The highest BCUT2D eigenvalue weighted by Gasteiger charge is 2.17. The van der Waals surface area contributed by atoms with Crippen LogP contribution < -0.4 is 10.2 Å². The predicted molar refractivity (Wildman–Crippen MR) is 70.8 cm³/mol. The molecular formula is C13H19N3O2. The van der Waals surface area contributed by atoms with Gasteiger partial charge in [0.15, 0.2) is 0 Å². The largest absolute Gasteiger partial charge is 0.508 e. The SMILES string of the molecule is CN(C(=O)CN1CCNCC1)c1ccc(O)cc1. The van der Waals surface area contributed by atoms with Crippen LogP contribution >= 0.6 is 0 Å². The van der Waals surface area contributed by atoms with Crippen LogP contribution in [0.3, 0.4) is 0 Å². The molecule has 2 N–H and O–H groups in total. The number of aromatic hydroxyl groups is 1. The van der Waals surface area contributed by atoms with E-state index in [1.165, 1.54) is 0 Å². The monoisotopic (exact) mass is 249 g/mol. The Bertz CT molecular complexity index is 399. The van der Waals surface area contributed by atoms with Gasteiger partial charge in [-0.1, -0.05) is 0 Å². The number of nitrogens with one attached hydrogen (secondary N) is 1. The summed E-state index contributed by atoms with van der Waals surface area (Å²) < 4.78 is 0. The molecule has 98 valence electrons. The minimum atomic E-state index is 0.0718. The Morgan fingerprint density at radius 1 is 1.33 bits per heavy atom. The van der Waals surface area contributed by atoms with Crippen LogP contribution in [0.5, 0.6) is 5.75 Å². The van der Waals surface area contributed by atoms with E-state index in [1.807, 2.05) is 0 Å². The van der Waals surface area contributed by atoms with E-state index in [0.29, 0.717) is 6.54 Å². The molecule has 0 aromatic heterocycles. The molecule has 1 fully saturated rings. The summed E-state index contributed by atoms with van der Waals surface area (Å²) in [7, 11) is 1.76. The molecular weight excluding hydrogens is 230 g/mol. The number of piperazine rings is 1. The van der Waals surface area contributed by atoms with Gasteiger partial charge in [0.25, 0.3) is 0 Å². The lowest BCUT2D eigenvalue weighted by atomic mass is 10.2. The average molecular weight is 249 g/mol. The fourth-order valence-corrected chi connectivity index (χ4v) is 1.99. The van der Waals surface area contributed by atoms with Crippen LogP contribution in [0, 0.1) is 0 Å². The molecule has 1 heterocycles. The van der Waals surface area contributed by atoms with Gasteiger partial charge in [0.2, 0.25) is 5.91 Å². The van der Waals surface area contributed by atoms with E-state index in [0.717, 1.165) is 31.9 Å². The van der Waals surface area contributed by atoms with Gasteiger partial charge >= 0.3 is 0 Å². The maximum Gasteiger partial charge on any atom is 0.240 e. The van der Waals surface area contributed by atoms with Gasteiger partial charge in [-0.3, -0.25) is 9.69 Å².